The lowest BCUT2D eigenvalue weighted by molar-refractivity contribution is 0.0697. The van der Waals surface area contributed by atoms with E-state index in [0.29, 0.717) is 42.0 Å². The molecule has 0 amide bonds. The van der Waals surface area contributed by atoms with Gasteiger partial charge in [0.05, 0.1) is 17.2 Å². The molecule has 0 spiro atoms. The van der Waals surface area contributed by atoms with E-state index >= 15 is 0 Å². The van der Waals surface area contributed by atoms with E-state index in [1.54, 1.807) is 12.1 Å². The second-order valence-electron chi connectivity index (χ2n) is 6.45. The van der Waals surface area contributed by atoms with Crippen LogP contribution in [0, 0.1) is 0 Å². The number of carbonyl (C=O) groups is 1. The lowest BCUT2D eigenvalue weighted by Crippen LogP contribution is -2.06. The second kappa shape index (κ2) is 10.2. The van der Waals surface area contributed by atoms with Crippen molar-refractivity contribution in [3.05, 3.63) is 87.4 Å². The van der Waals surface area contributed by atoms with Gasteiger partial charge in [-0.3, -0.25) is 0 Å². The van der Waals surface area contributed by atoms with Gasteiger partial charge in [-0.25, -0.2) is 4.79 Å². The fraction of sp³-hybridized carbons (Fsp3) is 0.174. The minimum Gasteiger partial charge on any atom is -0.490 e. The molecule has 3 aromatic carbocycles. The number of anilines is 1. The van der Waals surface area contributed by atoms with Crippen molar-refractivity contribution in [1.29, 1.82) is 0 Å². The first kappa shape index (κ1) is 21.8. The predicted octanol–water partition coefficient (Wildman–Crippen LogP) is 6.28. The van der Waals surface area contributed by atoms with Crippen molar-refractivity contribution >= 4 is 34.9 Å². The standard InChI is InChI=1S/C23H21Cl2NO4/c1-2-29-21-5-3-4-16(22(21)30-14-15-6-8-17(24)9-7-15)13-26-18-10-11-19(23(27)28)20(25)12-18/h3-12,26H,2,13-14H2,1H3,(H,27,28). The van der Waals surface area contributed by atoms with Gasteiger partial charge in [0.25, 0.3) is 0 Å². The van der Waals surface area contributed by atoms with Crippen LogP contribution in [-0.4, -0.2) is 17.7 Å². The molecule has 0 saturated heterocycles. The van der Waals surface area contributed by atoms with E-state index in [4.69, 9.17) is 37.8 Å². The molecular formula is C23H21Cl2NO4. The van der Waals surface area contributed by atoms with Crippen LogP contribution in [0.15, 0.2) is 60.7 Å². The molecule has 2 N–H and O–H groups in total. The number of para-hydroxylation sites is 1. The van der Waals surface area contributed by atoms with Gasteiger partial charge in [0.15, 0.2) is 11.5 Å². The third-order valence-electron chi connectivity index (χ3n) is 4.34. The van der Waals surface area contributed by atoms with Crippen molar-refractivity contribution in [3.63, 3.8) is 0 Å². The molecule has 156 valence electrons. The molecule has 0 radical (unpaired) electrons. The lowest BCUT2D eigenvalue weighted by Gasteiger charge is -2.17. The Morgan fingerprint density at radius 2 is 1.80 bits per heavy atom. The Hall–Kier alpha value is -2.89. The number of rotatable bonds is 9. The van der Waals surface area contributed by atoms with Crippen molar-refractivity contribution in [3.8, 4) is 11.5 Å². The van der Waals surface area contributed by atoms with Crippen LogP contribution in [0.25, 0.3) is 0 Å². The summed E-state index contributed by atoms with van der Waals surface area (Å²) in [5.41, 5.74) is 2.65. The molecule has 0 fully saturated rings. The highest BCUT2D eigenvalue weighted by Gasteiger charge is 2.13. The molecule has 0 aromatic heterocycles. The van der Waals surface area contributed by atoms with E-state index in [9.17, 15) is 4.79 Å². The third-order valence-corrected chi connectivity index (χ3v) is 4.90. The molecule has 0 unspecified atom stereocenters. The molecule has 0 saturated carbocycles. The minimum atomic E-state index is -1.06. The number of hydrogen-bond donors (Lipinski definition) is 2. The summed E-state index contributed by atoms with van der Waals surface area (Å²) < 4.78 is 11.8. The first-order valence-corrected chi connectivity index (χ1v) is 10.1. The predicted molar refractivity (Wildman–Crippen MR) is 119 cm³/mol. The summed E-state index contributed by atoms with van der Waals surface area (Å²) in [6.07, 6.45) is 0. The van der Waals surface area contributed by atoms with Crippen molar-refractivity contribution in [2.24, 2.45) is 0 Å². The number of hydrogen-bond acceptors (Lipinski definition) is 4. The molecule has 0 aliphatic heterocycles. The fourth-order valence-corrected chi connectivity index (χ4v) is 3.25. The Kier molecular flexibility index (Phi) is 7.44. The van der Waals surface area contributed by atoms with Crippen LogP contribution in [0.1, 0.15) is 28.4 Å². The van der Waals surface area contributed by atoms with E-state index < -0.39 is 5.97 Å². The van der Waals surface area contributed by atoms with Crippen LogP contribution < -0.4 is 14.8 Å². The van der Waals surface area contributed by atoms with E-state index in [-0.39, 0.29) is 10.6 Å². The smallest absolute Gasteiger partial charge is 0.337 e. The van der Waals surface area contributed by atoms with Gasteiger partial charge < -0.3 is 19.9 Å². The molecule has 3 rings (SSSR count). The number of halogens is 2. The molecule has 3 aromatic rings. The summed E-state index contributed by atoms with van der Waals surface area (Å²) in [6, 6.07) is 17.9. The Bertz CT molecular complexity index is 1020. The van der Waals surface area contributed by atoms with Gasteiger partial charge in [-0.05, 0) is 48.9 Å². The van der Waals surface area contributed by atoms with Crippen molar-refractivity contribution in [2.75, 3.05) is 11.9 Å². The van der Waals surface area contributed by atoms with E-state index in [1.807, 2.05) is 49.4 Å². The normalized spacial score (nSPS) is 10.5. The van der Waals surface area contributed by atoms with Gasteiger partial charge in [-0.1, -0.05) is 47.5 Å². The Morgan fingerprint density at radius 1 is 1.03 bits per heavy atom. The van der Waals surface area contributed by atoms with E-state index in [1.165, 1.54) is 6.07 Å². The first-order valence-electron chi connectivity index (χ1n) is 9.36. The highest BCUT2D eigenvalue weighted by molar-refractivity contribution is 6.33. The van der Waals surface area contributed by atoms with Crippen LogP contribution in [0.2, 0.25) is 10.0 Å². The summed E-state index contributed by atoms with van der Waals surface area (Å²) in [4.78, 5) is 11.1. The molecular weight excluding hydrogens is 425 g/mol. The Labute approximate surface area is 185 Å². The van der Waals surface area contributed by atoms with Gasteiger partial charge in [0.2, 0.25) is 0 Å². The van der Waals surface area contributed by atoms with Crippen LogP contribution in [0.5, 0.6) is 11.5 Å². The fourth-order valence-electron chi connectivity index (χ4n) is 2.87. The summed E-state index contributed by atoms with van der Waals surface area (Å²) >= 11 is 12.0. The van der Waals surface area contributed by atoms with Gasteiger partial charge in [-0.2, -0.15) is 0 Å². The quantitative estimate of drug-likeness (QED) is 0.405. The maximum absolute atomic E-state index is 11.1. The minimum absolute atomic E-state index is 0.0625. The number of ether oxygens (including phenoxy) is 2. The maximum Gasteiger partial charge on any atom is 0.337 e. The van der Waals surface area contributed by atoms with Gasteiger partial charge in [0, 0.05) is 22.8 Å². The summed E-state index contributed by atoms with van der Waals surface area (Å²) in [5.74, 6) is 0.244. The third kappa shape index (κ3) is 5.59. The van der Waals surface area contributed by atoms with Gasteiger partial charge >= 0.3 is 5.97 Å². The molecule has 0 aliphatic rings. The number of carboxylic acids is 1. The van der Waals surface area contributed by atoms with Gasteiger partial charge in [-0.15, -0.1) is 0 Å². The Balaban J connectivity index is 1.78. The topological polar surface area (TPSA) is 67.8 Å². The molecule has 5 nitrogen and oxygen atoms in total. The molecule has 0 heterocycles. The average Bonchev–Trinajstić information content (AvgIpc) is 2.72. The lowest BCUT2D eigenvalue weighted by atomic mass is 10.1. The van der Waals surface area contributed by atoms with E-state index in [0.717, 1.165) is 11.1 Å². The van der Waals surface area contributed by atoms with Crippen molar-refractivity contribution in [1.82, 2.24) is 0 Å². The first-order chi connectivity index (χ1) is 14.5. The number of aromatic carboxylic acids is 1. The summed E-state index contributed by atoms with van der Waals surface area (Å²) in [5, 5.41) is 13.2. The largest absolute Gasteiger partial charge is 0.490 e. The summed E-state index contributed by atoms with van der Waals surface area (Å²) in [7, 11) is 0. The second-order valence-corrected chi connectivity index (χ2v) is 7.29. The molecule has 0 atom stereocenters. The monoisotopic (exact) mass is 445 g/mol. The number of nitrogens with one attached hydrogen (secondary N) is 1. The highest BCUT2D eigenvalue weighted by atomic mass is 35.5. The van der Waals surface area contributed by atoms with Crippen LogP contribution >= 0.6 is 23.2 Å². The zero-order chi connectivity index (χ0) is 21.5. The Morgan fingerprint density at radius 3 is 2.47 bits per heavy atom. The molecule has 0 bridgehead atoms. The number of benzene rings is 3. The SMILES string of the molecule is CCOc1cccc(CNc2ccc(C(=O)O)c(Cl)c2)c1OCc1ccc(Cl)cc1. The van der Waals surface area contributed by atoms with E-state index in [2.05, 4.69) is 5.32 Å². The van der Waals surface area contributed by atoms with Crippen LogP contribution in [-0.2, 0) is 13.2 Å². The molecule has 0 aliphatic carbocycles. The zero-order valence-corrected chi connectivity index (χ0v) is 17.8. The average molecular weight is 446 g/mol. The zero-order valence-electron chi connectivity index (χ0n) is 16.3. The number of carboxylic acid groups (broad SMARTS) is 1. The van der Waals surface area contributed by atoms with Crippen molar-refractivity contribution < 1.29 is 19.4 Å². The van der Waals surface area contributed by atoms with Crippen molar-refractivity contribution in [2.45, 2.75) is 20.1 Å². The van der Waals surface area contributed by atoms with Crippen LogP contribution in [0.4, 0.5) is 5.69 Å². The highest BCUT2D eigenvalue weighted by Crippen LogP contribution is 2.33. The molecule has 7 heteroatoms. The maximum atomic E-state index is 11.1. The van der Waals surface area contributed by atoms with Crippen LogP contribution in [0.3, 0.4) is 0 Å². The molecule has 30 heavy (non-hydrogen) atoms. The van der Waals surface area contributed by atoms with Gasteiger partial charge in [0.1, 0.15) is 6.61 Å². The summed E-state index contributed by atoms with van der Waals surface area (Å²) in [6.45, 7) is 3.24.